The molecule has 150 valence electrons. The van der Waals surface area contributed by atoms with Gasteiger partial charge in [0.25, 0.3) is 5.91 Å². The highest BCUT2D eigenvalue weighted by Crippen LogP contribution is 2.30. The fourth-order valence-electron chi connectivity index (χ4n) is 5.39. The first-order chi connectivity index (χ1) is 13.8. The molecule has 1 aromatic heterocycles. The number of nitrogens with zero attached hydrogens (tertiary/aromatic N) is 1. The Morgan fingerprint density at radius 2 is 1.68 bits per heavy atom. The Hall–Kier alpha value is -1.81. The number of hydrogen-bond donors (Lipinski definition) is 1. The topological polar surface area (TPSA) is 45.3 Å². The first kappa shape index (κ1) is 18.2. The fraction of sp³-hybridized carbons (Fsp3) is 0.625. The van der Waals surface area contributed by atoms with Gasteiger partial charge in [-0.15, -0.1) is 0 Å². The number of amides is 1. The van der Waals surface area contributed by atoms with Crippen LogP contribution in [0.5, 0.6) is 0 Å². The molecule has 2 heterocycles. The number of rotatable bonds is 3. The summed E-state index contributed by atoms with van der Waals surface area (Å²) in [6.45, 7) is 1.64. The largest absolute Gasteiger partial charge is 0.375 e. The fourth-order valence-corrected chi connectivity index (χ4v) is 5.39. The van der Waals surface area contributed by atoms with E-state index < -0.39 is 0 Å². The van der Waals surface area contributed by atoms with E-state index in [0.717, 1.165) is 44.3 Å². The van der Waals surface area contributed by atoms with Crippen molar-refractivity contribution >= 4 is 16.8 Å². The van der Waals surface area contributed by atoms with Crippen LogP contribution in [0.1, 0.15) is 79.4 Å². The number of nitrogens with one attached hydrogen (secondary N) is 1. The standard InChI is InChI=1S/C24H32N2O2/c27-24(26-14-12-19(13-15-26)28-18-6-2-1-3-7-18)17-10-11-23-21(16-17)20-8-4-5-9-22(20)25-23/h10-11,16,18-19,25H,1-9,12-15H2. The maximum absolute atomic E-state index is 13.1. The number of carbonyl (C=O) groups excluding carboxylic acids is 1. The summed E-state index contributed by atoms with van der Waals surface area (Å²) in [5, 5.41) is 1.26. The first-order valence-electron chi connectivity index (χ1n) is 11.4. The third kappa shape index (κ3) is 3.59. The zero-order valence-electron chi connectivity index (χ0n) is 16.8. The zero-order chi connectivity index (χ0) is 18.9. The van der Waals surface area contributed by atoms with Gasteiger partial charge in [0.05, 0.1) is 12.2 Å². The summed E-state index contributed by atoms with van der Waals surface area (Å²) in [6.07, 6.45) is 14.0. The molecule has 1 N–H and O–H groups in total. The monoisotopic (exact) mass is 380 g/mol. The van der Waals surface area contributed by atoms with Crippen LogP contribution in [0.4, 0.5) is 0 Å². The molecule has 1 aliphatic heterocycles. The van der Waals surface area contributed by atoms with Crippen molar-refractivity contribution in [1.82, 2.24) is 9.88 Å². The molecule has 1 saturated heterocycles. The predicted octanol–water partition coefficient (Wildman–Crippen LogP) is 5.00. The number of aromatic amines is 1. The van der Waals surface area contributed by atoms with Gasteiger partial charge >= 0.3 is 0 Å². The van der Waals surface area contributed by atoms with Gasteiger partial charge < -0.3 is 14.6 Å². The second-order valence-corrected chi connectivity index (χ2v) is 8.94. The van der Waals surface area contributed by atoms with Crippen LogP contribution in [0.25, 0.3) is 10.9 Å². The third-order valence-corrected chi connectivity index (χ3v) is 7.01. The van der Waals surface area contributed by atoms with E-state index >= 15 is 0 Å². The molecule has 1 amide bonds. The number of fused-ring (bicyclic) bond motifs is 3. The van der Waals surface area contributed by atoms with Crippen LogP contribution in [-0.2, 0) is 17.6 Å². The van der Waals surface area contributed by atoms with Gasteiger partial charge in [-0.2, -0.15) is 0 Å². The van der Waals surface area contributed by atoms with E-state index in [1.54, 1.807) is 0 Å². The maximum Gasteiger partial charge on any atom is 0.253 e. The van der Waals surface area contributed by atoms with Crippen LogP contribution >= 0.6 is 0 Å². The zero-order valence-corrected chi connectivity index (χ0v) is 16.8. The van der Waals surface area contributed by atoms with Crippen LogP contribution < -0.4 is 0 Å². The lowest BCUT2D eigenvalue weighted by Gasteiger charge is -2.35. The first-order valence-corrected chi connectivity index (χ1v) is 11.4. The normalized spacial score (nSPS) is 21.8. The molecule has 1 aromatic carbocycles. The van der Waals surface area contributed by atoms with Gasteiger partial charge in [-0.3, -0.25) is 4.79 Å². The van der Waals surface area contributed by atoms with Crippen molar-refractivity contribution in [2.45, 2.75) is 82.8 Å². The highest BCUT2D eigenvalue weighted by atomic mass is 16.5. The molecular weight excluding hydrogens is 348 g/mol. The second-order valence-electron chi connectivity index (χ2n) is 8.94. The Morgan fingerprint density at radius 1 is 0.929 bits per heavy atom. The van der Waals surface area contributed by atoms with Crippen molar-refractivity contribution in [3.63, 3.8) is 0 Å². The lowest BCUT2D eigenvalue weighted by Crippen LogP contribution is -2.42. The molecule has 2 aliphatic carbocycles. The van der Waals surface area contributed by atoms with Crippen LogP contribution in [0.2, 0.25) is 0 Å². The smallest absolute Gasteiger partial charge is 0.253 e. The van der Waals surface area contributed by atoms with Crippen LogP contribution in [0, 0.1) is 0 Å². The summed E-state index contributed by atoms with van der Waals surface area (Å²) in [5.74, 6) is 0.184. The van der Waals surface area contributed by atoms with Crippen molar-refractivity contribution in [1.29, 1.82) is 0 Å². The SMILES string of the molecule is O=C(c1ccc2[nH]c3c(c2c1)CCCC3)N1CCC(OC2CCCCC2)CC1. The van der Waals surface area contributed by atoms with E-state index in [2.05, 4.69) is 17.1 Å². The lowest BCUT2D eigenvalue weighted by atomic mass is 9.95. The van der Waals surface area contributed by atoms with Crippen LogP contribution in [0.15, 0.2) is 18.2 Å². The number of piperidine rings is 1. The number of benzene rings is 1. The second kappa shape index (κ2) is 7.90. The average Bonchev–Trinajstić information content (AvgIpc) is 3.12. The van der Waals surface area contributed by atoms with Crippen molar-refractivity contribution in [3.05, 3.63) is 35.0 Å². The molecule has 0 spiro atoms. The van der Waals surface area contributed by atoms with Gasteiger partial charge in [0.1, 0.15) is 0 Å². The van der Waals surface area contributed by atoms with Gasteiger partial charge in [0.15, 0.2) is 0 Å². The molecule has 4 heteroatoms. The quantitative estimate of drug-likeness (QED) is 0.814. The Labute approximate surface area is 167 Å². The van der Waals surface area contributed by atoms with Crippen molar-refractivity contribution in [2.24, 2.45) is 0 Å². The van der Waals surface area contributed by atoms with Gasteiger partial charge in [0.2, 0.25) is 0 Å². The van der Waals surface area contributed by atoms with Gasteiger partial charge in [-0.1, -0.05) is 19.3 Å². The predicted molar refractivity (Wildman–Crippen MR) is 112 cm³/mol. The van der Waals surface area contributed by atoms with E-state index in [4.69, 9.17) is 4.74 Å². The lowest BCUT2D eigenvalue weighted by molar-refractivity contribution is -0.0527. The van der Waals surface area contributed by atoms with Crippen LogP contribution in [0.3, 0.4) is 0 Å². The van der Waals surface area contributed by atoms with Gasteiger partial charge in [-0.25, -0.2) is 0 Å². The number of likely N-dealkylation sites (tertiary alicyclic amines) is 1. The number of carbonyl (C=O) groups is 1. The average molecular weight is 381 g/mol. The molecule has 0 atom stereocenters. The molecule has 0 radical (unpaired) electrons. The van der Waals surface area contributed by atoms with Crippen LogP contribution in [-0.4, -0.2) is 41.1 Å². The summed E-state index contributed by atoms with van der Waals surface area (Å²) in [7, 11) is 0. The van der Waals surface area contributed by atoms with E-state index in [9.17, 15) is 4.79 Å². The summed E-state index contributed by atoms with van der Waals surface area (Å²) < 4.78 is 6.33. The highest BCUT2D eigenvalue weighted by Gasteiger charge is 2.27. The Balaban J connectivity index is 1.24. The minimum Gasteiger partial charge on any atom is -0.375 e. The minimum atomic E-state index is 0.184. The molecular formula is C24H32N2O2. The van der Waals surface area contributed by atoms with Crippen molar-refractivity contribution < 1.29 is 9.53 Å². The Bertz CT molecular complexity index is 842. The number of aromatic nitrogens is 1. The molecule has 3 aliphatic rings. The number of ether oxygens (including phenoxy) is 1. The molecule has 4 nitrogen and oxygen atoms in total. The maximum atomic E-state index is 13.1. The van der Waals surface area contributed by atoms with E-state index in [-0.39, 0.29) is 5.91 Å². The molecule has 2 aromatic rings. The molecule has 1 saturated carbocycles. The summed E-state index contributed by atoms with van der Waals surface area (Å²) in [5.41, 5.74) is 4.84. The summed E-state index contributed by atoms with van der Waals surface area (Å²) in [6, 6.07) is 6.22. The van der Waals surface area contributed by atoms with Crippen molar-refractivity contribution in [3.8, 4) is 0 Å². The van der Waals surface area contributed by atoms with Gasteiger partial charge in [-0.05, 0) is 75.1 Å². The Kier molecular flexibility index (Phi) is 5.15. The molecule has 5 rings (SSSR count). The van der Waals surface area contributed by atoms with E-state index in [1.165, 1.54) is 67.1 Å². The van der Waals surface area contributed by atoms with E-state index in [1.807, 2.05) is 11.0 Å². The number of H-pyrrole nitrogens is 1. The minimum absolute atomic E-state index is 0.184. The molecule has 2 fully saturated rings. The number of aryl methyl sites for hydroxylation is 2. The summed E-state index contributed by atoms with van der Waals surface area (Å²) >= 11 is 0. The van der Waals surface area contributed by atoms with Crippen molar-refractivity contribution in [2.75, 3.05) is 13.1 Å². The Morgan fingerprint density at radius 3 is 2.50 bits per heavy atom. The number of hydrogen-bond acceptors (Lipinski definition) is 2. The molecule has 28 heavy (non-hydrogen) atoms. The highest BCUT2D eigenvalue weighted by molar-refractivity contribution is 5.99. The molecule has 0 unspecified atom stereocenters. The van der Waals surface area contributed by atoms with Gasteiger partial charge in [0, 0.05) is 35.2 Å². The molecule has 0 bridgehead atoms. The summed E-state index contributed by atoms with van der Waals surface area (Å²) in [4.78, 5) is 18.7. The van der Waals surface area contributed by atoms with E-state index in [0.29, 0.717) is 12.2 Å². The third-order valence-electron chi connectivity index (χ3n) is 7.01.